The lowest BCUT2D eigenvalue weighted by Gasteiger charge is -2.23. The van der Waals surface area contributed by atoms with E-state index in [2.05, 4.69) is 49.1 Å². The molecule has 0 amide bonds. The molecule has 1 fully saturated rings. The SMILES string of the molecule is Cc1ccc(CC2CNCCS2)c(C)c1. The van der Waals surface area contributed by atoms with E-state index in [1.54, 1.807) is 0 Å². The van der Waals surface area contributed by atoms with Crippen molar-refractivity contribution in [2.24, 2.45) is 0 Å². The van der Waals surface area contributed by atoms with Crippen LogP contribution in [0.15, 0.2) is 18.2 Å². The molecular formula is C13H19NS. The van der Waals surface area contributed by atoms with E-state index in [-0.39, 0.29) is 0 Å². The van der Waals surface area contributed by atoms with E-state index in [1.807, 2.05) is 0 Å². The van der Waals surface area contributed by atoms with Gasteiger partial charge in [-0.2, -0.15) is 11.8 Å². The fourth-order valence-electron chi connectivity index (χ4n) is 2.07. The molecule has 1 nitrogen and oxygen atoms in total. The van der Waals surface area contributed by atoms with Gasteiger partial charge in [0.15, 0.2) is 0 Å². The molecule has 0 bridgehead atoms. The quantitative estimate of drug-likeness (QED) is 0.823. The van der Waals surface area contributed by atoms with Crippen LogP contribution in [-0.2, 0) is 6.42 Å². The summed E-state index contributed by atoms with van der Waals surface area (Å²) in [6.45, 7) is 6.73. The van der Waals surface area contributed by atoms with Gasteiger partial charge >= 0.3 is 0 Å². The first-order valence-electron chi connectivity index (χ1n) is 5.64. The summed E-state index contributed by atoms with van der Waals surface area (Å²) in [4.78, 5) is 0. The molecule has 1 atom stereocenters. The fourth-order valence-corrected chi connectivity index (χ4v) is 3.20. The number of hydrogen-bond donors (Lipinski definition) is 1. The van der Waals surface area contributed by atoms with Crippen molar-refractivity contribution in [2.45, 2.75) is 25.5 Å². The zero-order valence-electron chi connectivity index (χ0n) is 9.55. The van der Waals surface area contributed by atoms with Crippen molar-refractivity contribution in [3.63, 3.8) is 0 Å². The van der Waals surface area contributed by atoms with Gasteiger partial charge in [-0.15, -0.1) is 0 Å². The monoisotopic (exact) mass is 221 g/mol. The van der Waals surface area contributed by atoms with E-state index in [0.717, 1.165) is 11.8 Å². The lowest BCUT2D eigenvalue weighted by molar-refractivity contribution is 0.665. The minimum Gasteiger partial charge on any atom is -0.315 e. The number of thioether (sulfide) groups is 1. The second kappa shape index (κ2) is 5.04. The van der Waals surface area contributed by atoms with Gasteiger partial charge in [-0.25, -0.2) is 0 Å². The van der Waals surface area contributed by atoms with Gasteiger partial charge in [0.2, 0.25) is 0 Å². The Morgan fingerprint density at radius 3 is 2.93 bits per heavy atom. The highest BCUT2D eigenvalue weighted by atomic mass is 32.2. The Labute approximate surface area is 96.7 Å². The van der Waals surface area contributed by atoms with Crippen molar-refractivity contribution in [3.8, 4) is 0 Å². The van der Waals surface area contributed by atoms with Crippen LogP contribution in [0.2, 0.25) is 0 Å². The highest BCUT2D eigenvalue weighted by molar-refractivity contribution is 8.00. The minimum atomic E-state index is 0.764. The molecule has 1 aliphatic heterocycles. The number of nitrogens with one attached hydrogen (secondary N) is 1. The lowest BCUT2D eigenvalue weighted by atomic mass is 10.0. The molecule has 1 N–H and O–H groups in total. The summed E-state index contributed by atoms with van der Waals surface area (Å²) >= 11 is 2.11. The molecule has 1 heterocycles. The van der Waals surface area contributed by atoms with Crippen LogP contribution in [0.5, 0.6) is 0 Å². The first kappa shape index (κ1) is 11.0. The van der Waals surface area contributed by atoms with Gasteiger partial charge in [-0.1, -0.05) is 23.8 Å². The number of benzene rings is 1. The predicted octanol–water partition coefficient (Wildman–Crippen LogP) is 2.55. The Morgan fingerprint density at radius 2 is 2.27 bits per heavy atom. The maximum atomic E-state index is 3.47. The molecule has 0 aromatic heterocycles. The van der Waals surface area contributed by atoms with Crippen LogP contribution >= 0.6 is 11.8 Å². The third kappa shape index (κ3) is 2.99. The van der Waals surface area contributed by atoms with Gasteiger partial charge in [0.1, 0.15) is 0 Å². The second-order valence-electron chi connectivity index (χ2n) is 4.33. The summed E-state index contributed by atoms with van der Waals surface area (Å²) < 4.78 is 0. The smallest absolute Gasteiger partial charge is 0.0213 e. The van der Waals surface area contributed by atoms with Crippen molar-refractivity contribution in [1.82, 2.24) is 5.32 Å². The Balaban J connectivity index is 2.03. The molecule has 82 valence electrons. The molecular weight excluding hydrogens is 202 g/mol. The molecule has 2 heteroatoms. The zero-order valence-corrected chi connectivity index (χ0v) is 10.4. The van der Waals surface area contributed by atoms with Gasteiger partial charge in [0.05, 0.1) is 0 Å². The topological polar surface area (TPSA) is 12.0 Å². The third-order valence-corrected chi connectivity index (χ3v) is 4.19. The highest BCUT2D eigenvalue weighted by Gasteiger charge is 2.14. The van der Waals surface area contributed by atoms with Gasteiger partial charge in [-0.3, -0.25) is 0 Å². The molecule has 0 radical (unpaired) electrons. The van der Waals surface area contributed by atoms with Crippen LogP contribution in [0.3, 0.4) is 0 Å². The molecule has 1 saturated heterocycles. The molecule has 0 spiro atoms. The van der Waals surface area contributed by atoms with E-state index in [9.17, 15) is 0 Å². The van der Waals surface area contributed by atoms with E-state index in [1.165, 1.54) is 35.4 Å². The average molecular weight is 221 g/mol. The average Bonchev–Trinajstić information content (AvgIpc) is 2.24. The summed E-state index contributed by atoms with van der Waals surface area (Å²) in [6.07, 6.45) is 1.21. The van der Waals surface area contributed by atoms with Gasteiger partial charge in [0.25, 0.3) is 0 Å². The first-order valence-corrected chi connectivity index (χ1v) is 6.69. The lowest BCUT2D eigenvalue weighted by Crippen LogP contribution is -2.33. The molecule has 15 heavy (non-hydrogen) atoms. The Bertz CT molecular complexity index is 329. The van der Waals surface area contributed by atoms with Crippen LogP contribution in [-0.4, -0.2) is 24.1 Å². The van der Waals surface area contributed by atoms with E-state index < -0.39 is 0 Å². The van der Waals surface area contributed by atoms with Crippen molar-refractivity contribution in [1.29, 1.82) is 0 Å². The molecule has 0 aliphatic carbocycles. The standard InChI is InChI=1S/C13H19NS/c1-10-3-4-12(11(2)7-10)8-13-9-14-5-6-15-13/h3-4,7,13-14H,5-6,8-9H2,1-2H3. The van der Waals surface area contributed by atoms with Crippen LogP contribution in [0.1, 0.15) is 16.7 Å². The van der Waals surface area contributed by atoms with Crippen molar-refractivity contribution < 1.29 is 0 Å². The summed E-state index contributed by atoms with van der Waals surface area (Å²) in [5.74, 6) is 1.26. The van der Waals surface area contributed by atoms with E-state index >= 15 is 0 Å². The van der Waals surface area contributed by atoms with Crippen LogP contribution in [0.4, 0.5) is 0 Å². The van der Waals surface area contributed by atoms with Crippen LogP contribution < -0.4 is 5.32 Å². The molecule has 2 rings (SSSR count). The predicted molar refractivity (Wildman–Crippen MR) is 68.7 cm³/mol. The second-order valence-corrected chi connectivity index (χ2v) is 5.74. The summed E-state index contributed by atoms with van der Waals surface area (Å²) in [6, 6.07) is 6.80. The summed E-state index contributed by atoms with van der Waals surface area (Å²) in [5, 5.41) is 4.23. The zero-order chi connectivity index (χ0) is 10.7. The normalized spacial score (nSPS) is 21.6. The molecule has 1 aromatic rings. The molecule has 1 unspecified atom stereocenters. The summed E-state index contributed by atoms with van der Waals surface area (Å²) in [7, 11) is 0. The van der Waals surface area contributed by atoms with E-state index in [0.29, 0.717) is 0 Å². The Morgan fingerprint density at radius 1 is 1.40 bits per heavy atom. The first-order chi connectivity index (χ1) is 7.25. The minimum absolute atomic E-state index is 0.764. The van der Waals surface area contributed by atoms with Crippen molar-refractivity contribution in [2.75, 3.05) is 18.8 Å². The molecule has 0 saturated carbocycles. The van der Waals surface area contributed by atoms with Crippen molar-refractivity contribution in [3.05, 3.63) is 34.9 Å². The summed E-state index contributed by atoms with van der Waals surface area (Å²) in [5.41, 5.74) is 4.33. The highest BCUT2D eigenvalue weighted by Crippen LogP contribution is 2.20. The molecule has 1 aromatic carbocycles. The fraction of sp³-hybridized carbons (Fsp3) is 0.538. The molecule has 1 aliphatic rings. The number of rotatable bonds is 2. The maximum absolute atomic E-state index is 3.47. The Hall–Kier alpha value is -0.470. The van der Waals surface area contributed by atoms with E-state index in [4.69, 9.17) is 0 Å². The number of hydrogen-bond acceptors (Lipinski definition) is 2. The van der Waals surface area contributed by atoms with Crippen LogP contribution in [0, 0.1) is 13.8 Å². The largest absolute Gasteiger partial charge is 0.315 e. The third-order valence-electron chi connectivity index (χ3n) is 2.95. The van der Waals surface area contributed by atoms with Gasteiger partial charge < -0.3 is 5.32 Å². The maximum Gasteiger partial charge on any atom is 0.0213 e. The van der Waals surface area contributed by atoms with Crippen LogP contribution in [0.25, 0.3) is 0 Å². The number of aryl methyl sites for hydroxylation is 2. The van der Waals surface area contributed by atoms with Gasteiger partial charge in [-0.05, 0) is 31.4 Å². The van der Waals surface area contributed by atoms with Gasteiger partial charge in [0, 0.05) is 24.1 Å². The van der Waals surface area contributed by atoms with Crippen molar-refractivity contribution >= 4 is 11.8 Å². The Kier molecular flexibility index (Phi) is 3.71.